The van der Waals surface area contributed by atoms with Crippen LogP contribution in [0.15, 0.2) is 35.3 Å². The Kier molecular flexibility index (Phi) is 5.35. The van der Waals surface area contributed by atoms with Crippen LogP contribution in [0.5, 0.6) is 0 Å². The first-order valence-electron chi connectivity index (χ1n) is 11.1. The van der Waals surface area contributed by atoms with E-state index in [1.54, 1.807) is 6.20 Å². The summed E-state index contributed by atoms with van der Waals surface area (Å²) in [4.78, 5) is 22.2. The van der Waals surface area contributed by atoms with Crippen molar-refractivity contribution in [3.05, 3.63) is 57.6 Å². The van der Waals surface area contributed by atoms with E-state index in [1.807, 2.05) is 16.7 Å². The van der Waals surface area contributed by atoms with Crippen molar-refractivity contribution >= 4 is 5.82 Å². The molecule has 2 aromatic rings. The Morgan fingerprint density at radius 3 is 2.87 bits per heavy atom. The second-order valence-electron chi connectivity index (χ2n) is 9.19. The van der Waals surface area contributed by atoms with Crippen LogP contribution in [-0.4, -0.2) is 56.7 Å². The lowest BCUT2D eigenvalue weighted by molar-refractivity contribution is 0.114. The lowest BCUT2D eigenvalue weighted by Gasteiger charge is -2.43. The monoisotopic (exact) mass is 409 g/mol. The highest BCUT2D eigenvalue weighted by Crippen LogP contribution is 2.36. The first kappa shape index (κ1) is 19.7. The predicted octanol–water partition coefficient (Wildman–Crippen LogP) is 1.40. The highest BCUT2D eigenvalue weighted by Gasteiger charge is 2.35. The molecule has 7 nitrogen and oxygen atoms in total. The van der Waals surface area contributed by atoms with Gasteiger partial charge < -0.3 is 15.4 Å². The van der Waals surface area contributed by atoms with Crippen LogP contribution in [0.2, 0.25) is 0 Å². The number of piperidine rings is 1. The molecule has 0 spiro atoms. The van der Waals surface area contributed by atoms with Gasteiger partial charge in [-0.3, -0.25) is 14.6 Å². The van der Waals surface area contributed by atoms with E-state index >= 15 is 0 Å². The summed E-state index contributed by atoms with van der Waals surface area (Å²) in [6, 6.07) is 8.38. The Balaban J connectivity index is 1.35. The normalized spacial score (nSPS) is 26.6. The molecule has 2 saturated heterocycles. The Labute approximate surface area is 177 Å². The van der Waals surface area contributed by atoms with Crippen LogP contribution in [0.1, 0.15) is 42.0 Å². The molecule has 3 aliphatic heterocycles. The minimum Gasteiger partial charge on any atom is -0.395 e. The van der Waals surface area contributed by atoms with E-state index in [1.165, 1.54) is 5.69 Å². The van der Waals surface area contributed by atoms with Gasteiger partial charge in [0.25, 0.3) is 5.56 Å². The summed E-state index contributed by atoms with van der Waals surface area (Å²) < 4.78 is 2.04. The molecule has 0 saturated carbocycles. The molecule has 0 aliphatic carbocycles. The van der Waals surface area contributed by atoms with Gasteiger partial charge in [-0.15, -0.1) is 0 Å². The van der Waals surface area contributed by atoms with Crippen LogP contribution in [0.3, 0.4) is 0 Å². The van der Waals surface area contributed by atoms with Gasteiger partial charge in [0.05, 0.1) is 6.61 Å². The molecule has 2 fully saturated rings. The molecule has 3 atom stereocenters. The van der Waals surface area contributed by atoms with E-state index in [9.17, 15) is 9.90 Å². The molecule has 0 radical (unpaired) electrons. The standard InChI is InChI=1S/C23H31N5O2/c24-22-17(3-1-7-25-22)12-26-10-16-9-19(13-26)21-6-5-18(23(30)28(21)11-16)14-27-8-2-4-20(27)15-29/h1,3,5-7,16,19-20,29H,2,4,8-15H2,(H2,24,25)/t16-,19+,20+/m0/s1. The molecule has 3 N–H and O–H groups in total. The molecule has 0 unspecified atom stereocenters. The number of pyridine rings is 2. The van der Waals surface area contributed by atoms with E-state index < -0.39 is 0 Å². The van der Waals surface area contributed by atoms with Crippen LogP contribution in [0.25, 0.3) is 0 Å². The van der Waals surface area contributed by atoms with Crippen molar-refractivity contribution < 1.29 is 5.11 Å². The lowest BCUT2D eigenvalue weighted by atomic mass is 9.82. The molecule has 0 amide bonds. The molecule has 160 valence electrons. The summed E-state index contributed by atoms with van der Waals surface area (Å²) in [5.74, 6) is 1.48. The number of rotatable bonds is 5. The summed E-state index contributed by atoms with van der Waals surface area (Å²) >= 11 is 0. The fraction of sp³-hybridized carbons (Fsp3) is 0.565. The Bertz CT molecular complexity index is 974. The fourth-order valence-corrected chi connectivity index (χ4v) is 5.69. The second kappa shape index (κ2) is 8.13. The highest BCUT2D eigenvalue weighted by atomic mass is 16.3. The minimum atomic E-state index is 0.163. The number of nitrogens with zero attached hydrogens (tertiary/aromatic N) is 4. The number of aliphatic hydroxyl groups excluding tert-OH is 1. The van der Waals surface area contributed by atoms with Gasteiger partial charge in [-0.1, -0.05) is 12.1 Å². The van der Waals surface area contributed by atoms with E-state index in [0.717, 1.165) is 63.1 Å². The number of anilines is 1. The van der Waals surface area contributed by atoms with Crippen molar-refractivity contribution in [3.8, 4) is 0 Å². The first-order chi connectivity index (χ1) is 14.6. The minimum absolute atomic E-state index is 0.163. The zero-order chi connectivity index (χ0) is 20.7. The number of nitrogens with two attached hydrogens (primary N) is 1. The van der Waals surface area contributed by atoms with Crippen LogP contribution >= 0.6 is 0 Å². The zero-order valence-electron chi connectivity index (χ0n) is 17.4. The number of likely N-dealkylation sites (tertiary alicyclic amines) is 2. The molecular formula is C23H31N5O2. The number of aliphatic hydroxyl groups is 1. The smallest absolute Gasteiger partial charge is 0.255 e. The van der Waals surface area contributed by atoms with Gasteiger partial charge in [0, 0.05) is 67.7 Å². The van der Waals surface area contributed by atoms with Gasteiger partial charge in [0.1, 0.15) is 5.82 Å². The topological polar surface area (TPSA) is 87.6 Å². The molecule has 2 aromatic heterocycles. The van der Waals surface area contributed by atoms with E-state index in [-0.39, 0.29) is 18.2 Å². The Hall–Kier alpha value is -2.22. The first-order valence-corrected chi connectivity index (χ1v) is 11.1. The maximum absolute atomic E-state index is 13.3. The molecule has 7 heteroatoms. The molecular weight excluding hydrogens is 378 g/mol. The van der Waals surface area contributed by atoms with E-state index in [4.69, 9.17) is 5.73 Å². The second-order valence-corrected chi connectivity index (χ2v) is 9.19. The average molecular weight is 410 g/mol. The zero-order valence-corrected chi connectivity index (χ0v) is 17.4. The third-order valence-electron chi connectivity index (χ3n) is 7.16. The summed E-state index contributed by atoms with van der Waals surface area (Å²) in [7, 11) is 0. The molecule has 5 heterocycles. The largest absolute Gasteiger partial charge is 0.395 e. The highest BCUT2D eigenvalue weighted by molar-refractivity contribution is 5.38. The van der Waals surface area contributed by atoms with Crippen molar-refractivity contribution in [2.75, 3.05) is 32.0 Å². The summed E-state index contributed by atoms with van der Waals surface area (Å²) in [6.07, 6.45) is 4.99. The third kappa shape index (κ3) is 3.66. The molecule has 5 rings (SSSR count). The number of aromatic nitrogens is 2. The van der Waals surface area contributed by atoms with Gasteiger partial charge in [-0.2, -0.15) is 0 Å². The quantitative estimate of drug-likeness (QED) is 0.776. The SMILES string of the molecule is Nc1ncccc1CN1C[C@@H]2C[C@H](C1)c1ccc(CN3CCC[C@@H]3CO)c(=O)n1C2. The molecule has 0 aromatic carbocycles. The third-order valence-corrected chi connectivity index (χ3v) is 7.16. The summed E-state index contributed by atoms with van der Waals surface area (Å²) in [6.45, 7) is 5.32. The van der Waals surface area contributed by atoms with E-state index in [0.29, 0.717) is 24.2 Å². The van der Waals surface area contributed by atoms with Crippen LogP contribution in [0, 0.1) is 5.92 Å². The number of hydrogen-bond donors (Lipinski definition) is 2. The van der Waals surface area contributed by atoms with Crippen LogP contribution in [-0.2, 0) is 19.6 Å². The summed E-state index contributed by atoms with van der Waals surface area (Å²) in [5.41, 5.74) is 9.32. The molecule has 30 heavy (non-hydrogen) atoms. The Morgan fingerprint density at radius 1 is 1.13 bits per heavy atom. The maximum atomic E-state index is 13.3. The predicted molar refractivity (Wildman–Crippen MR) is 116 cm³/mol. The van der Waals surface area contributed by atoms with Gasteiger partial charge >= 0.3 is 0 Å². The van der Waals surface area contributed by atoms with Crippen molar-refractivity contribution in [3.63, 3.8) is 0 Å². The molecule has 2 bridgehead atoms. The van der Waals surface area contributed by atoms with Crippen molar-refractivity contribution in [2.45, 2.75) is 50.9 Å². The summed E-state index contributed by atoms with van der Waals surface area (Å²) in [5, 5.41) is 9.59. The lowest BCUT2D eigenvalue weighted by Crippen LogP contribution is -2.47. The maximum Gasteiger partial charge on any atom is 0.255 e. The number of fused-ring (bicyclic) bond motifs is 4. The van der Waals surface area contributed by atoms with Gasteiger partial charge in [0.15, 0.2) is 0 Å². The van der Waals surface area contributed by atoms with Gasteiger partial charge in [0.2, 0.25) is 0 Å². The van der Waals surface area contributed by atoms with Gasteiger partial charge in [-0.25, -0.2) is 4.98 Å². The Morgan fingerprint density at radius 2 is 2.03 bits per heavy atom. The molecule has 3 aliphatic rings. The number of hydrogen-bond acceptors (Lipinski definition) is 6. The van der Waals surface area contributed by atoms with Gasteiger partial charge in [-0.05, 0) is 43.9 Å². The average Bonchev–Trinajstić information content (AvgIpc) is 3.19. The van der Waals surface area contributed by atoms with Crippen molar-refractivity contribution in [1.82, 2.24) is 19.4 Å². The number of nitrogen functional groups attached to an aromatic ring is 1. The van der Waals surface area contributed by atoms with Crippen LogP contribution in [0.4, 0.5) is 5.82 Å². The fourth-order valence-electron chi connectivity index (χ4n) is 5.69. The van der Waals surface area contributed by atoms with Crippen molar-refractivity contribution in [1.29, 1.82) is 0 Å². The van der Waals surface area contributed by atoms with E-state index in [2.05, 4.69) is 26.9 Å². The van der Waals surface area contributed by atoms with Crippen molar-refractivity contribution in [2.24, 2.45) is 5.92 Å². The van der Waals surface area contributed by atoms with Crippen LogP contribution < -0.4 is 11.3 Å².